The Labute approximate surface area is 79.7 Å². The summed E-state index contributed by atoms with van der Waals surface area (Å²) in [7, 11) is 0. The summed E-state index contributed by atoms with van der Waals surface area (Å²) in [6, 6.07) is 0.639. The summed E-state index contributed by atoms with van der Waals surface area (Å²) in [6.45, 7) is 3.23. The average molecular weight is 181 g/mol. The molecule has 0 aromatic rings. The van der Waals surface area contributed by atoms with Gasteiger partial charge in [-0.05, 0) is 44.6 Å². The van der Waals surface area contributed by atoms with E-state index >= 15 is 0 Å². The standard InChI is InChI=1S/C11H19NO/c1-11(13,8-3-2-4-8)10-7-5-9(10)12-6-7/h7-10,12-13H,2-6H2,1H3. The first-order chi connectivity index (χ1) is 6.19. The molecule has 4 atom stereocenters. The first-order valence-electron chi connectivity index (χ1n) is 5.65. The third-order valence-corrected chi connectivity index (χ3v) is 4.75. The van der Waals surface area contributed by atoms with Crippen LogP contribution in [0.15, 0.2) is 0 Å². The Morgan fingerprint density at radius 1 is 1.38 bits per heavy atom. The van der Waals surface area contributed by atoms with Gasteiger partial charge in [-0.1, -0.05) is 6.42 Å². The van der Waals surface area contributed by atoms with Crippen LogP contribution in [-0.2, 0) is 0 Å². The molecule has 2 bridgehead atoms. The first kappa shape index (κ1) is 8.25. The number of rotatable bonds is 2. The van der Waals surface area contributed by atoms with Crippen molar-refractivity contribution in [3.05, 3.63) is 0 Å². The highest BCUT2D eigenvalue weighted by molar-refractivity contribution is 5.11. The predicted molar refractivity (Wildman–Crippen MR) is 51.4 cm³/mol. The highest BCUT2D eigenvalue weighted by atomic mass is 16.3. The Kier molecular flexibility index (Phi) is 1.58. The fourth-order valence-corrected chi connectivity index (χ4v) is 3.62. The summed E-state index contributed by atoms with van der Waals surface area (Å²) in [5, 5.41) is 14.0. The van der Waals surface area contributed by atoms with Crippen molar-refractivity contribution in [1.29, 1.82) is 0 Å². The van der Waals surface area contributed by atoms with E-state index in [-0.39, 0.29) is 5.60 Å². The van der Waals surface area contributed by atoms with Crippen molar-refractivity contribution >= 4 is 0 Å². The minimum atomic E-state index is -0.366. The zero-order valence-corrected chi connectivity index (χ0v) is 8.29. The normalized spacial score (nSPS) is 48.0. The second-order valence-corrected chi connectivity index (χ2v) is 5.39. The van der Waals surface area contributed by atoms with Gasteiger partial charge in [0.1, 0.15) is 0 Å². The molecule has 4 aliphatic rings. The molecule has 2 nitrogen and oxygen atoms in total. The highest BCUT2D eigenvalue weighted by Gasteiger charge is 2.57. The van der Waals surface area contributed by atoms with Crippen molar-refractivity contribution in [2.75, 3.05) is 6.54 Å². The molecular formula is C11H19NO. The lowest BCUT2D eigenvalue weighted by Crippen LogP contribution is -2.56. The van der Waals surface area contributed by atoms with Crippen LogP contribution in [-0.4, -0.2) is 23.3 Å². The van der Waals surface area contributed by atoms with E-state index in [1.807, 2.05) is 0 Å². The van der Waals surface area contributed by atoms with Crippen LogP contribution in [0.3, 0.4) is 0 Å². The summed E-state index contributed by atoms with van der Waals surface area (Å²) in [4.78, 5) is 0. The lowest BCUT2D eigenvalue weighted by molar-refractivity contribution is -0.121. The Hall–Kier alpha value is -0.0800. The minimum absolute atomic E-state index is 0.366. The van der Waals surface area contributed by atoms with Crippen molar-refractivity contribution in [2.45, 2.75) is 44.2 Å². The monoisotopic (exact) mass is 181 g/mol. The molecule has 0 aromatic carbocycles. The van der Waals surface area contributed by atoms with E-state index in [9.17, 15) is 5.11 Å². The van der Waals surface area contributed by atoms with Gasteiger partial charge < -0.3 is 10.4 Å². The van der Waals surface area contributed by atoms with Gasteiger partial charge in [-0.25, -0.2) is 0 Å². The molecule has 2 N–H and O–H groups in total. The lowest BCUT2D eigenvalue weighted by atomic mass is 9.58. The van der Waals surface area contributed by atoms with Crippen LogP contribution in [0.2, 0.25) is 0 Å². The van der Waals surface area contributed by atoms with Gasteiger partial charge in [0, 0.05) is 12.0 Å². The van der Waals surface area contributed by atoms with E-state index < -0.39 is 0 Å². The van der Waals surface area contributed by atoms with Gasteiger partial charge >= 0.3 is 0 Å². The van der Waals surface area contributed by atoms with Crippen molar-refractivity contribution < 1.29 is 5.11 Å². The molecule has 0 amide bonds. The molecule has 0 spiro atoms. The molecule has 4 fully saturated rings. The SMILES string of the molecule is CC(O)(C1CCC1)C1C2CNC1C2. The Morgan fingerprint density at radius 2 is 2.15 bits per heavy atom. The number of aliphatic hydroxyl groups is 1. The van der Waals surface area contributed by atoms with Gasteiger partial charge in [0.2, 0.25) is 0 Å². The molecule has 74 valence electrons. The Bertz CT molecular complexity index is 208. The zero-order chi connectivity index (χ0) is 9.05. The fourth-order valence-electron chi connectivity index (χ4n) is 3.62. The molecule has 4 rings (SSSR count). The van der Waals surface area contributed by atoms with Gasteiger partial charge in [0.15, 0.2) is 0 Å². The van der Waals surface area contributed by atoms with E-state index in [2.05, 4.69) is 12.2 Å². The van der Waals surface area contributed by atoms with E-state index in [0.29, 0.717) is 17.9 Å². The smallest absolute Gasteiger partial charge is 0.0693 e. The largest absolute Gasteiger partial charge is 0.390 e. The van der Waals surface area contributed by atoms with Crippen LogP contribution < -0.4 is 5.32 Å². The number of hydrogen-bond acceptors (Lipinski definition) is 2. The third kappa shape index (κ3) is 0.962. The molecule has 2 heteroatoms. The van der Waals surface area contributed by atoms with E-state index in [1.165, 1.54) is 25.7 Å². The predicted octanol–water partition coefficient (Wildman–Crippen LogP) is 1.15. The topological polar surface area (TPSA) is 32.3 Å². The van der Waals surface area contributed by atoms with Crippen molar-refractivity contribution in [3.63, 3.8) is 0 Å². The highest BCUT2D eigenvalue weighted by Crippen LogP contribution is 2.52. The molecule has 2 heterocycles. The molecule has 2 saturated heterocycles. The molecule has 4 unspecified atom stereocenters. The average Bonchev–Trinajstić information content (AvgIpc) is 2.33. The van der Waals surface area contributed by atoms with Crippen molar-refractivity contribution in [2.24, 2.45) is 17.8 Å². The first-order valence-corrected chi connectivity index (χ1v) is 5.65. The zero-order valence-electron chi connectivity index (χ0n) is 8.29. The summed E-state index contributed by atoms with van der Waals surface area (Å²) in [5.74, 6) is 1.95. The minimum Gasteiger partial charge on any atom is -0.390 e. The maximum atomic E-state index is 10.5. The van der Waals surface area contributed by atoms with E-state index in [4.69, 9.17) is 0 Å². The fraction of sp³-hybridized carbons (Fsp3) is 1.00. The Morgan fingerprint density at radius 3 is 2.54 bits per heavy atom. The van der Waals surface area contributed by atoms with Crippen LogP contribution in [0.4, 0.5) is 0 Å². The second-order valence-electron chi connectivity index (χ2n) is 5.39. The van der Waals surface area contributed by atoms with Crippen LogP contribution in [0, 0.1) is 17.8 Å². The number of nitrogens with one attached hydrogen (secondary N) is 1. The van der Waals surface area contributed by atoms with Gasteiger partial charge in [0.25, 0.3) is 0 Å². The number of fused-ring (bicyclic) bond motifs is 1. The lowest BCUT2D eigenvalue weighted by Gasteiger charge is -2.51. The van der Waals surface area contributed by atoms with Crippen LogP contribution >= 0.6 is 0 Å². The van der Waals surface area contributed by atoms with Gasteiger partial charge in [0.05, 0.1) is 5.60 Å². The van der Waals surface area contributed by atoms with Crippen LogP contribution in [0.1, 0.15) is 32.6 Å². The Balaban J connectivity index is 1.75. The molecular weight excluding hydrogens is 162 g/mol. The summed E-state index contributed by atoms with van der Waals surface area (Å²) < 4.78 is 0. The quantitative estimate of drug-likeness (QED) is 0.669. The van der Waals surface area contributed by atoms with Gasteiger partial charge in [-0.15, -0.1) is 0 Å². The van der Waals surface area contributed by atoms with Crippen LogP contribution in [0.5, 0.6) is 0 Å². The summed E-state index contributed by atoms with van der Waals surface area (Å²) in [6.07, 6.45) is 5.15. The summed E-state index contributed by atoms with van der Waals surface area (Å²) in [5.41, 5.74) is -0.366. The van der Waals surface area contributed by atoms with Crippen molar-refractivity contribution in [3.8, 4) is 0 Å². The molecule has 0 radical (unpaired) electrons. The van der Waals surface area contributed by atoms with Crippen LogP contribution in [0.25, 0.3) is 0 Å². The molecule has 2 saturated carbocycles. The second kappa shape index (κ2) is 2.48. The number of hydrogen-bond donors (Lipinski definition) is 2. The maximum Gasteiger partial charge on any atom is 0.0693 e. The molecule has 2 aliphatic heterocycles. The molecule has 13 heavy (non-hydrogen) atoms. The maximum absolute atomic E-state index is 10.5. The van der Waals surface area contributed by atoms with E-state index in [0.717, 1.165) is 12.5 Å². The van der Waals surface area contributed by atoms with Crippen molar-refractivity contribution in [1.82, 2.24) is 5.32 Å². The molecule has 2 aliphatic carbocycles. The van der Waals surface area contributed by atoms with Gasteiger partial charge in [-0.2, -0.15) is 0 Å². The third-order valence-electron chi connectivity index (χ3n) is 4.75. The molecule has 0 aromatic heterocycles. The van der Waals surface area contributed by atoms with Gasteiger partial charge in [-0.3, -0.25) is 0 Å². The summed E-state index contributed by atoms with van der Waals surface area (Å²) >= 11 is 0. The van der Waals surface area contributed by atoms with E-state index in [1.54, 1.807) is 0 Å².